The fraction of sp³-hybridized carbons (Fsp3) is 0.364. The molecule has 16 heavy (non-hydrogen) atoms. The molecule has 0 aromatic heterocycles. The van der Waals surface area contributed by atoms with Gasteiger partial charge in [-0.2, -0.15) is 4.85 Å². The maximum Gasteiger partial charge on any atom is 0.377 e. The van der Waals surface area contributed by atoms with Gasteiger partial charge in [0.1, 0.15) is 0 Å². The second kappa shape index (κ2) is 5.71. The van der Waals surface area contributed by atoms with E-state index in [1.165, 1.54) is 12.1 Å². The van der Waals surface area contributed by atoms with Crippen molar-refractivity contribution in [3.05, 3.63) is 39.2 Å². The van der Waals surface area contributed by atoms with Crippen molar-refractivity contribution >= 4 is 11.4 Å². The highest BCUT2D eigenvalue weighted by Gasteiger charge is 2.08. The molecule has 0 saturated carbocycles. The number of hydrogen-bond acceptors (Lipinski definition) is 3. The molecule has 0 bridgehead atoms. The Bertz CT molecular complexity index is 430. The lowest BCUT2D eigenvalue weighted by Gasteiger charge is -1.98. The van der Waals surface area contributed by atoms with Crippen molar-refractivity contribution in [3.8, 4) is 6.19 Å². The van der Waals surface area contributed by atoms with Crippen LogP contribution in [0.2, 0.25) is 0 Å². The van der Waals surface area contributed by atoms with Gasteiger partial charge in [0.05, 0.1) is 24.1 Å². The van der Waals surface area contributed by atoms with E-state index in [1.54, 1.807) is 12.1 Å². The van der Waals surface area contributed by atoms with Gasteiger partial charge < -0.3 is 0 Å². The maximum atomic E-state index is 10.5. The number of rotatable bonds is 3. The minimum Gasteiger partial charge on any atom is -0.258 e. The van der Waals surface area contributed by atoms with Crippen LogP contribution in [0, 0.1) is 16.3 Å². The molecule has 1 aromatic rings. The normalized spacial score (nSPS) is 9.12. The number of benzene rings is 1. The first kappa shape index (κ1) is 12.0. The van der Waals surface area contributed by atoms with Crippen LogP contribution < -0.4 is 0 Å². The molecule has 5 heteroatoms. The Morgan fingerprint density at radius 3 is 2.69 bits per heavy atom. The van der Waals surface area contributed by atoms with Crippen LogP contribution in [0.3, 0.4) is 0 Å². The molecule has 1 rings (SSSR count). The average molecular weight is 220 g/mol. The maximum absolute atomic E-state index is 10.5. The van der Waals surface area contributed by atoms with E-state index >= 15 is 0 Å². The molecule has 0 atom stereocenters. The van der Waals surface area contributed by atoms with E-state index in [2.05, 4.69) is 11.0 Å². The highest BCUT2D eigenvalue weighted by molar-refractivity contribution is 5.52. The summed E-state index contributed by atoms with van der Waals surface area (Å²) in [4.78, 5) is 16.1. The number of nitro benzene ring substituents is 1. The van der Waals surface area contributed by atoms with E-state index in [0.717, 1.165) is 13.1 Å². The molecule has 0 N–H and O–H groups in total. The topological polar surface area (TPSA) is 50.7 Å². The van der Waals surface area contributed by atoms with Crippen LogP contribution in [0.4, 0.5) is 11.4 Å². The Balaban J connectivity index is 2.88. The van der Waals surface area contributed by atoms with Gasteiger partial charge >= 0.3 is 6.19 Å². The van der Waals surface area contributed by atoms with Crippen LogP contribution in [-0.2, 0) is 0 Å². The first-order valence-electron chi connectivity index (χ1n) is 5.13. The molecule has 0 saturated heterocycles. The number of nitrogens with zero attached hydrogens (tertiary/aromatic N) is 3. The van der Waals surface area contributed by atoms with Crippen LogP contribution in [0.15, 0.2) is 24.3 Å². The number of nitro groups is 1. The molecule has 0 unspecified atom stereocenters. The Hall–Kier alpha value is -2.09. The summed E-state index contributed by atoms with van der Waals surface area (Å²) in [6.07, 6.45) is 2.84. The quantitative estimate of drug-likeness (QED) is 0.340. The van der Waals surface area contributed by atoms with Gasteiger partial charge in [-0.15, -0.1) is 0 Å². The molecule has 0 amide bonds. The molecule has 0 spiro atoms. The van der Waals surface area contributed by atoms with Crippen LogP contribution in [0.5, 0.6) is 0 Å². The summed E-state index contributed by atoms with van der Waals surface area (Å²) >= 11 is 0. The van der Waals surface area contributed by atoms with E-state index < -0.39 is 4.92 Å². The van der Waals surface area contributed by atoms with E-state index in [0.29, 0.717) is 5.69 Å². The average Bonchev–Trinajstić information content (AvgIpc) is 2.31. The zero-order valence-corrected chi connectivity index (χ0v) is 9.38. The minimum absolute atomic E-state index is 0.0441. The van der Waals surface area contributed by atoms with Crippen molar-refractivity contribution in [2.24, 2.45) is 0 Å². The Morgan fingerprint density at radius 1 is 1.44 bits per heavy atom. The Labute approximate surface area is 94.3 Å². The molecule has 5 nitrogen and oxygen atoms in total. The van der Waals surface area contributed by atoms with Gasteiger partial charge in [-0.3, -0.25) is 10.1 Å². The molecule has 0 aliphatic carbocycles. The Morgan fingerprint density at radius 2 is 2.12 bits per heavy atom. The van der Waals surface area contributed by atoms with Crippen LogP contribution in [0.1, 0.15) is 13.8 Å². The minimum atomic E-state index is -0.434. The lowest BCUT2D eigenvalue weighted by molar-refractivity contribution is -0.384. The largest absolute Gasteiger partial charge is 0.377 e. The molecule has 0 aliphatic rings. The van der Waals surface area contributed by atoms with Gasteiger partial charge in [0.2, 0.25) is 5.69 Å². The van der Waals surface area contributed by atoms with Crippen molar-refractivity contribution in [2.45, 2.75) is 13.8 Å². The third kappa shape index (κ3) is 3.24. The van der Waals surface area contributed by atoms with Crippen LogP contribution >= 0.6 is 0 Å². The van der Waals surface area contributed by atoms with Crippen LogP contribution in [0.25, 0.3) is 4.85 Å². The first-order chi connectivity index (χ1) is 7.67. The summed E-state index contributed by atoms with van der Waals surface area (Å²) in [5.41, 5.74) is 0.587. The van der Waals surface area contributed by atoms with Gasteiger partial charge in [-0.05, 0) is 19.9 Å². The summed E-state index contributed by atoms with van der Waals surface area (Å²) in [6.45, 7) is 5.63. The molecule has 0 fully saturated rings. The molecule has 1 aromatic carbocycles. The summed E-state index contributed by atoms with van der Waals surface area (Å²) in [6, 6.07) is 6.19. The smallest absolute Gasteiger partial charge is 0.258 e. The fourth-order valence-corrected chi connectivity index (χ4v) is 1.17. The van der Waals surface area contributed by atoms with Gasteiger partial charge in [0.15, 0.2) is 0 Å². The third-order valence-electron chi connectivity index (χ3n) is 2.12. The highest BCUT2D eigenvalue weighted by Crippen LogP contribution is 2.19. The third-order valence-corrected chi connectivity index (χ3v) is 2.12. The molecule has 84 valence electrons. The monoisotopic (exact) mass is 220 g/mol. The van der Waals surface area contributed by atoms with Gasteiger partial charge in [0, 0.05) is 12.1 Å². The lowest BCUT2D eigenvalue weighted by atomic mass is 10.3. The predicted molar refractivity (Wildman–Crippen MR) is 62.9 cm³/mol. The van der Waals surface area contributed by atoms with Gasteiger partial charge in [-0.1, -0.05) is 0 Å². The van der Waals surface area contributed by atoms with E-state index in [9.17, 15) is 10.1 Å². The molecule has 0 aliphatic heterocycles. The second-order valence-electron chi connectivity index (χ2n) is 3.16. The van der Waals surface area contributed by atoms with Crippen LogP contribution in [-0.4, -0.2) is 22.9 Å². The number of hydrogen-bond donors (Lipinski definition) is 0. The van der Waals surface area contributed by atoms with E-state index in [-0.39, 0.29) is 5.69 Å². The van der Waals surface area contributed by atoms with Crippen molar-refractivity contribution in [2.75, 3.05) is 13.1 Å². The zero-order chi connectivity index (χ0) is 12.0. The van der Waals surface area contributed by atoms with E-state index in [1.807, 2.05) is 18.7 Å². The predicted octanol–water partition coefficient (Wildman–Crippen LogP) is 2.86. The second-order valence-corrected chi connectivity index (χ2v) is 3.16. The summed E-state index contributed by atoms with van der Waals surface area (Å²) in [7, 11) is 0. The summed E-state index contributed by atoms with van der Waals surface area (Å²) in [5.74, 6) is 0. The summed E-state index contributed by atoms with van der Waals surface area (Å²) in [5, 5.41) is 10.5. The van der Waals surface area contributed by atoms with Crippen molar-refractivity contribution in [1.29, 1.82) is 0 Å². The molecule has 0 radical (unpaired) electrons. The molecular formula is C11H14N3O2+. The first-order valence-corrected chi connectivity index (χ1v) is 5.13. The highest BCUT2D eigenvalue weighted by atomic mass is 16.6. The summed E-state index contributed by atoms with van der Waals surface area (Å²) < 4.78 is 0. The Kier molecular flexibility index (Phi) is 4.28. The zero-order valence-electron chi connectivity index (χ0n) is 9.38. The van der Waals surface area contributed by atoms with Crippen molar-refractivity contribution in [1.82, 2.24) is 4.90 Å². The lowest BCUT2D eigenvalue weighted by Crippen LogP contribution is -2.15. The molecule has 0 heterocycles. The fourth-order valence-electron chi connectivity index (χ4n) is 1.17. The molecular weight excluding hydrogens is 206 g/mol. The standard InChI is InChI=1S/C11H14N3O2/c1-3-13(4-2)9-12-10-6-5-7-11(8-10)14(15)16/h5-8H,3-4H2,1-2H3/q+1. The number of non-ortho nitro benzene ring substituents is 1. The van der Waals surface area contributed by atoms with Crippen molar-refractivity contribution < 1.29 is 4.92 Å². The van der Waals surface area contributed by atoms with Crippen molar-refractivity contribution in [3.63, 3.8) is 0 Å². The SMILES string of the molecule is CCN(C#[N+]c1cccc([N+](=O)[O-])c1)CC. The van der Waals surface area contributed by atoms with Gasteiger partial charge in [0.25, 0.3) is 5.69 Å². The van der Waals surface area contributed by atoms with Gasteiger partial charge in [-0.25, -0.2) is 4.90 Å². The van der Waals surface area contributed by atoms with E-state index in [4.69, 9.17) is 0 Å².